The summed E-state index contributed by atoms with van der Waals surface area (Å²) in [7, 11) is 0. The molecule has 1 fully saturated rings. The van der Waals surface area contributed by atoms with Crippen LogP contribution in [0.1, 0.15) is 103 Å². The van der Waals surface area contributed by atoms with Gasteiger partial charge in [0, 0.05) is 44.8 Å². The number of aromatic hydroxyl groups is 1. The van der Waals surface area contributed by atoms with Crippen LogP contribution < -0.4 is 43.8 Å². The van der Waals surface area contributed by atoms with Gasteiger partial charge in [-0.3, -0.25) is 38.6 Å². The van der Waals surface area contributed by atoms with E-state index < -0.39 is 30.0 Å². The van der Waals surface area contributed by atoms with Gasteiger partial charge in [-0.1, -0.05) is 57.5 Å². The molecular weight excluding hydrogens is 847 g/mol. The second-order valence-corrected chi connectivity index (χ2v) is 18.5. The lowest BCUT2D eigenvalue weighted by molar-refractivity contribution is -0.130. The Morgan fingerprint density at radius 3 is 2.40 bits per heavy atom. The average Bonchev–Trinajstić information content (AvgIpc) is 3.24. The maximum atomic E-state index is 14.0. The van der Waals surface area contributed by atoms with Crippen molar-refractivity contribution in [1.82, 2.24) is 26.6 Å². The highest BCUT2D eigenvalue weighted by atomic mass is 32.2. The molecular formula is C44H73N9O8S2. The third-order valence-corrected chi connectivity index (χ3v) is 12.9. The van der Waals surface area contributed by atoms with E-state index in [9.17, 15) is 38.7 Å². The number of thioether (sulfide) groups is 2. The van der Waals surface area contributed by atoms with Gasteiger partial charge in [0.2, 0.25) is 17.7 Å². The van der Waals surface area contributed by atoms with E-state index in [0.717, 1.165) is 5.56 Å². The predicted molar refractivity (Wildman–Crippen MR) is 251 cm³/mol. The first-order valence-electron chi connectivity index (χ1n) is 22.3. The quantitative estimate of drug-likeness (QED) is 0.0460. The first-order valence-corrected chi connectivity index (χ1v) is 24.5. The number of primary amides is 1. The molecule has 63 heavy (non-hydrogen) atoms. The standard InChI is InChI=1S/C44H73N9O8S2/c1-4-29(3)41-37(56)18-14-32(10-6-7-21-50-44(61)63-5-2)38(57)27-52-34(20-24-62-28-40(59)48-23-19-39(58)53-41)36(55)17-13-31(9-8-22-49-43(46)47)26-51-35(42(45)60)25-30-11-15-33(54)16-12-30/h11-12,15-16,29,31-32,34-35,41,51-52,54H,4-10,13-14,17-28H2,1-3H3,(H2,45,60)(H,48,59)(H,50,61)(H,53,58)(H4,46,47,49)/t29-,31+,32+,34-,35-,41-/m0/s1. The van der Waals surface area contributed by atoms with E-state index >= 15 is 0 Å². The zero-order valence-electron chi connectivity index (χ0n) is 37.4. The third kappa shape index (κ3) is 23.9. The number of hydrogen-bond donors (Lipinski definition) is 9. The van der Waals surface area contributed by atoms with Gasteiger partial charge in [0.15, 0.2) is 11.7 Å². The molecule has 6 atom stereocenters. The highest BCUT2D eigenvalue weighted by molar-refractivity contribution is 8.13. The summed E-state index contributed by atoms with van der Waals surface area (Å²) in [6.45, 7) is 6.98. The van der Waals surface area contributed by atoms with Crippen LogP contribution in [0.3, 0.4) is 0 Å². The highest BCUT2D eigenvalue weighted by Crippen LogP contribution is 2.21. The van der Waals surface area contributed by atoms with Crippen molar-refractivity contribution >= 4 is 69.8 Å². The third-order valence-electron chi connectivity index (χ3n) is 11.2. The number of rotatable bonds is 22. The van der Waals surface area contributed by atoms with Crippen LogP contribution in [-0.2, 0) is 35.2 Å². The summed E-state index contributed by atoms with van der Waals surface area (Å²) >= 11 is 2.54. The first kappa shape index (κ1) is 54.9. The molecule has 0 radical (unpaired) electrons. The number of benzene rings is 1. The molecule has 1 heterocycles. The number of aliphatic imine (C=N–C) groups is 1. The van der Waals surface area contributed by atoms with Gasteiger partial charge in [0.05, 0.1) is 30.4 Å². The molecule has 17 nitrogen and oxygen atoms in total. The lowest BCUT2D eigenvalue weighted by Crippen LogP contribution is -2.46. The summed E-state index contributed by atoms with van der Waals surface area (Å²) in [5, 5.41) is 24.6. The molecule has 1 aliphatic heterocycles. The molecule has 0 aromatic heterocycles. The van der Waals surface area contributed by atoms with Crippen LogP contribution in [0.4, 0.5) is 4.79 Å². The van der Waals surface area contributed by atoms with E-state index in [1.54, 1.807) is 24.3 Å². The van der Waals surface area contributed by atoms with Crippen molar-refractivity contribution in [3.05, 3.63) is 29.8 Å². The molecule has 4 amide bonds. The van der Waals surface area contributed by atoms with Gasteiger partial charge in [-0.25, -0.2) is 0 Å². The van der Waals surface area contributed by atoms with Crippen molar-refractivity contribution in [2.45, 2.75) is 122 Å². The molecule has 1 aromatic carbocycles. The zero-order valence-corrected chi connectivity index (χ0v) is 39.1. The Morgan fingerprint density at radius 1 is 0.968 bits per heavy atom. The lowest BCUT2D eigenvalue weighted by Gasteiger charge is -2.25. The van der Waals surface area contributed by atoms with Gasteiger partial charge in [-0.15, -0.1) is 0 Å². The Balaban J connectivity index is 2.27. The average molecular weight is 920 g/mol. The monoisotopic (exact) mass is 920 g/mol. The molecule has 2 rings (SSSR count). The van der Waals surface area contributed by atoms with Crippen LogP contribution in [0.25, 0.3) is 0 Å². The minimum atomic E-state index is -0.732. The highest BCUT2D eigenvalue weighted by Gasteiger charge is 2.29. The molecule has 0 saturated carbocycles. The van der Waals surface area contributed by atoms with E-state index in [2.05, 4.69) is 31.6 Å². The SMILES string of the molecule is CCSC(=O)NCCCC[C@@H]1CCC(=O)[C@H]([C@@H](C)CC)NC(=O)CCNC(=O)CSCC[C@@H](C(=O)CC[C@@H](CCCN=C(N)N)CN[C@@H](Cc2ccc(O)cc2)C(N)=O)NCC1=O. The van der Waals surface area contributed by atoms with Gasteiger partial charge in [0.25, 0.3) is 5.24 Å². The number of Topliss-reactive ketones (excluding diaryl/α,β-unsaturated/α-hetero) is 3. The Hall–Kier alpha value is -4.20. The Morgan fingerprint density at radius 2 is 1.71 bits per heavy atom. The van der Waals surface area contributed by atoms with E-state index in [1.165, 1.54) is 23.5 Å². The second kappa shape index (κ2) is 31.6. The number of nitrogens with one attached hydrogen (secondary N) is 5. The second-order valence-electron chi connectivity index (χ2n) is 16.2. The van der Waals surface area contributed by atoms with E-state index in [-0.39, 0.29) is 102 Å². The fraction of sp³-hybridized carbons (Fsp3) is 0.682. The number of carbonyl (C=O) groups is 7. The van der Waals surface area contributed by atoms with Crippen LogP contribution in [0.5, 0.6) is 5.75 Å². The van der Waals surface area contributed by atoms with E-state index in [4.69, 9.17) is 17.2 Å². The van der Waals surface area contributed by atoms with E-state index in [0.29, 0.717) is 88.9 Å². The van der Waals surface area contributed by atoms with Crippen molar-refractivity contribution < 1.29 is 38.7 Å². The van der Waals surface area contributed by atoms with Crippen molar-refractivity contribution in [3.63, 3.8) is 0 Å². The van der Waals surface area contributed by atoms with Gasteiger partial charge < -0.3 is 48.9 Å². The minimum absolute atomic E-state index is 0.0118. The largest absolute Gasteiger partial charge is 0.508 e. The van der Waals surface area contributed by atoms with Gasteiger partial charge in [-0.2, -0.15) is 11.8 Å². The number of nitrogens with zero attached hydrogens (tertiary/aromatic N) is 1. The Labute approximate surface area is 381 Å². The number of nitrogens with two attached hydrogens (primary N) is 3. The fourth-order valence-corrected chi connectivity index (χ4v) is 8.53. The summed E-state index contributed by atoms with van der Waals surface area (Å²) < 4.78 is 0. The van der Waals surface area contributed by atoms with Crippen LogP contribution in [0, 0.1) is 17.8 Å². The summed E-state index contributed by atoms with van der Waals surface area (Å²) in [6.07, 6.45) is 5.35. The summed E-state index contributed by atoms with van der Waals surface area (Å²) in [5.74, 6) is -0.915. The Kier molecular flexibility index (Phi) is 27.6. The van der Waals surface area contributed by atoms with Gasteiger partial charge >= 0.3 is 0 Å². The smallest absolute Gasteiger partial charge is 0.279 e. The first-order chi connectivity index (χ1) is 30.1. The number of phenolic OH excluding ortho intramolecular Hbond substituents is 1. The number of amides is 4. The number of ketones is 3. The van der Waals surface area contributed by atoms with Gasteiger partial charge in [-0.05, 0) is 98.9 Å². The molecule has 0 bridgehead atoms. The van der Waals surface area contributed by atoms with Crippen molar-refractivity contribution in [1.29, 1.82) is 0 Å². The molecule has 19 heteroatoms. The summed E-state index contributed by atoms with van der Waals surface area (Å²) in [4.78, 5) is 95.7. The zero-order chi connectivity index (χ0) is 46.6. The summed E-state index contributed by atoms with van der Waals surface area (Å²) in [6, 6.07) is 4.41. The molecule has 0 spiro atoms. The van der Waals surface area contributed by atoms with Crippen molar-refractivity contribution in [2.24, 2.45) is 39.9 Å². The molecule has 0 aliphatic carbocycles. The van der Waals surface area contributed by atoms with Crippen LogP contribution >= 0.6 is 23.5 Å². The lowest BCUT2D eigenvalue weighted by atomic mass is 9.87. The number of phenols is 1. The molecule has 1 aromatic rings. The van der Waals surface area contributed by atoms with Crippen molar-refractivity contribution in [3.8, 4) is 5.75 Å². The molecule has 1 saturated heterocycles. The van der Waals surface area contributed by atoms with Crippen LogP contribution in [-0.4, -0.2) is 119 Å². The molecule has 1 aliphatic rings. The topological polar surface area (TPSA) is 290 Å². The number of hydrogen-bond acceptors (Lipinski definition) is 13. The van der Waals surface area contributed by atoms with Crippen LogP contribution in [0.2, 0.25) is 0 Å². The molecule has 12 N–H and O–H groups in total. The number of carbonyl (C=O) groups excluding carboxylic acids is 7. The maximum absolute atomic E-state index is 14.0. The normalized spacial score (nSPS) is 20.1. The van der Waals surface area contributed by atoms with E-state index in [1.807, 2.05) is 20.8 Å². The molecule has 0 unspecified atom stereocenters. The predicted octanol–water partition coefficient (Wildman–Crippen LogP) is 2.70. The molecule has 354 valence electrons. The Bertz CT molecular complexity index is 1630. The van der Waals surface area contributed by atoms with Crippen molar-refractivity contribution in [2.75, 3.05) is 50.0 Å². The number of guanidine groups is 1. The summed E-state index contributed by atoms with van der Waals surface area (Å²) in [5.41, 5.74) is 17.7. The minimum Gasteiger partial charge on any atom is -0.508 e. The maximum Gasteiger partial charge on any atom is 0.279 e. The van der Waals surface area contributed by atoms with Gasteiger partial charge in [0.1, 0.15) is 17.3 Å². The fourth-order valence-electron chi connectivity index (χ4n) is 7.23. The van der Waals surface area contributed by atoms with Crippen LogP contribution in [0.15, 0.2) is 29.3 Å². The number of unbranched alkanes of at least 4 members (excludes halogenated alkanes) is 1.